The van der Waals surface area contributed by atoms with Crippen LogP contribution in [-0.2, 0) is 29.2 Å². The smallest absolute Gasteiger partial charge is 0.417 e. The molecule has 0 atom stereocenters. The van der Waals surface area contributed by atoms with Crippen LogP contribution in [0, 0.1) is 0 Å². The fraction of sp³-hybridized carbons (Fsp3) is 0.125. The zero-order valence-electron chi connectivity index (χ0n) is 17.4. The van der Waals surface area contributed by atoms with Gasteiger partial charge < -0.3 is 4.42 Å². The van der Waals surface area contributed by atoms with Crippen molar-refractivity contribution in [2.24, 2.45) is 0 Å². The molecule has 1 heterocycles. The number of hydrogen-bond donors (Lipinski definition) is 1. The van der Waals surface area contributed by atoms with E-state index in [2.05, 4.69) is 4.72 Å². The van der Waals surface area contributed by atoms with Crippen molar-refractivity contribution < 1.29 is 26.0 Å². The Labute approximate surface area is 197 Å². The molecule has 1 N–H and O–H groups in total. The predicted octanol–water partition coefficient (Wildman–Crippen LogP) is 5.53. The van der Waals surface area contributed by atoms with Crippen molar-refractivity contribution >= 4 is 32.6 Å². The number of sulfonamides is 1. The first kappa shape index (κ1) is 24.0. The molecule has 0 radical (unpaired) electrons. The molecule has 0 amide bonds. The summed E-state index contributed by atoms with van der Waals surface area (Å²) < 4.78 is 72.6. The molecule has 0 saturated heterocycles. The molecule has 0 aliphatic heterocycles. The van der Waals surface area contributed by atoms with Crippen molar-refractivity contribution in [1.29, 1.82) is 0 Å². The Balaban J connectivity index is 1.53. The third-order valence-electron chi connectivity index (χ3n) is 5.11. The van der Waals surface area contributed by atoms with Crippen molar-refractivity contribution in [1.82, 2.24) is 4.72 Å². The van der Waals surface area contributed by atoms with Crippen molar-refractivity contribution in [2.75, 3.05) is 0 Å². The molecule has 4 rings (SSSR count). The summed E-state index contributed by atoms with van der Waals surface area (Å²) >= 11 is 5.91. The fourth-order valence-corrected chi connectivity index (χ4v) is 4.72. The molecule has 0 aliphatic carbocycles. The largest absolute Gasteiger partial charge is 0.423 e. The Morgan fingerprint density at radius 1 is 0.882 bits per heavy atom. The molecule has 0 aliphatic rings. The second kappa shape index (κ2) is 9.25. The maximum absolute atomic E-state index is 13.4. The molecule has 176 valence electrons. The number of rotatable bonds is 6. The molecule has 0 spiro atoms. The minimum Gasteiger partial charge on any atom is -0.423 e. The van der Waals surface area contributed by atoms with Crippen LogP contribution in [0.4, 0.5) is 13.2 Å². The molecule has 10 heteroatoms. The Morgan fingerprint density at radius 3 is 2.26 bits per heavy atom. The highest BCUT2D eigenvalue weighted by atomic mass is 35.5. The number of nitrogens with one attached hydrogen (secondary N) is 1. The van der Waals surface area contributed by atoms with Gasteiger partial charge >= 0.3 is 11.8 Å². The Kier molecular flexibility index (Phi) is 6.53. The number of benzene rings is 3. The lowest BCUT2D eigenvalue weighted by Crippen LogP contribution is -2.23. The van der Waals surface area contributed by atoms with Crippen LogP contribution in [0.1, 0.15) is 22.3 Å². The van der Waals surface area contributed by atoms with Crippen LogP contribution in [-0.4, -0.2) is 8.42 Å². The van der Waals surface area contributed by atoms with Gasteiger partial charge in [-0.1, -0.05) is 41.9 Å². The molecular weight excluding hydrogens is 491 g/mol. The minimum atomic E-state index is -4.71. The normalized spacial score (nSPS) is 12.2. The van der Waals surface area contributed by atoms with Crippen molar-refractivity contribution in [3.63, 3.8) is 0 Å². The number of hydrogen-bond acceptors (Lipinski definition) is 4. The zero-order chi connectivity index (χ0) is 24.5. The lowest BCUT2D eigenvalue weighted by molar-refractivity contribution is -0.136. The van der Waals surface area contributed by atoms with E-state index in [9.17, 15) is 26.4 Å². The van der Waals surface area contributed by atoms with Gasteiger partial charge in [0.25, 0.3) is 0 Å². The van der Waals surface area contributed by atoms with Crippen LogP contribution in [0.3, 0.4) is 0 Å². The summed E-state index contributed by atoms with van der Waals surface area (Å²) in [6.07, 6.45) is -4.45. The number of halogens is 4. The molecule has 5 nitrogen and oxygen atoms in total. The number of alkyl halides is 3. The van der Waals surface area contributed by atoms with Gasteiger partial charge in [0.1, 0.15) is 5.58 Å². The molecule has 3 aromatic carbocycles. The van der Waals surface area contributed by atoms with Gasteiger partial charge in [-0.05, 0) is 59.5 Å². The SMILES string of the molecule is O=c1cc(C(F)(F)F)c2cc(Cc3ccc(S(=O)(=O)NCc4cccc(Cl)c4)cc3)ccc2o1. The Morgan fingerprint density at radius 2 is 1.59 bits per heavy atom. The van der Waals surface area contributed by atoms with E-state index in [1.807, 2.05) is 0 Å². The van der Waals surface area contributed by atoms with E-state index in [1.54, 1.807) is 42.5 Å². The van der Waals surface area contributed by atoms with Gasteiger partial charge in [0.05, 0.1) is 10.5 Å². The van der Waals surface area contributed by atoms with E-state index < -0.39 is 27.4 Å². The van der Waals surface area contributed by atoms with Crippen molar-refractivity contribution in [2.45, 2.75) is 24.0 Å². The van der Waals surface area contributed by atoms with Gasteiger partial charge in [-0.2, -0.15) is 13.2 Å². The molecule has 0 bridgehead atoms. The lowest BCUT2D eigenvalue weighted by Gasteiger charge is -2.11. The summed E-state index contributed by atoms with van der Waals surface area (Å²) in [6.45, 7) is 0.0688. The summed E-state index contributed by atoms with van der Waals surface area (Å²) in [5.74, 6) is 0. The van der Waals surface area contributed by atoms with E-state index in [4.69, 9.17) is 16.0 Å². The molecule has 0 unspecified atom stereocenters. The standard InChI is InChI=1S/C24H17ClF3NO4S/c25-18-3-1-2-17(11-18)14-29-34(31,32)19-7-4-15(5-8-19)10-16-6-9-22-20(12-16)21(24(26,27)28)13-23(30)33-22/h1-9,11-13,29H,10,14H2. The first-order chi connectivity index (χ1) is 16.0. The topological polar surface area (TPSA) is 76.4 Å². The first-order valence-corrected chi connectivity index (χ1v) is 11.8. The third kappa shape index (κ3) is 5.49. The fourth-order valence-electron chi connectivity index (χ4n) is 3.49. The molecule has 34 heavy (non-hydrogen) atoms. The van der Waals surface area contributed by atoms with Gasteiger partial charge in [-0.3, -0.25) is 0 Å². The lowest BCUT2D eigenvalue weighted by atomic mass is 10.0. The van der Waals surface area contributed by atoms with Gasteiger partial charge in [0.15, 0.2) is 0 Å². The highest BCUT2D eigenvalue weighted by Gasteiger charge is 2.33. The highest BCUT2D eigenvalue weighted by Crippen LogP contribution is 2.34. The molecule has 0 fully saturated rings. The molecule has 0 saturated carbocycles. The summed E-state index contributed by atoms with van der Waals surface area (Å²) in [4.78, 5) is 11.5. The maximum Gasteiger partial charge on any atom is 0.417 e. The van der Waals surface area contributed by atoms with Gasteiger partial charge in [-0.25, -0.2) is 17.9 Å². The first-order valence-electron chi connectivity index (χ1n) is 9.98. The highest BCUT2D eigenvalue weighted by molar-refractivity contribution is 7.89. The van der Waals surface area contributed by atoms with E-state index in [1.165, 1.54) is 24.3 Å². The molecule has 4 aromatic rings. The zero-order valence-corrected chi connectivity index (χ0v) is 19.0. The van der Waals surface area contributed by atoms with E-state index in [-0.39, 0.29) is 28.8 Å². The molecule has 1 aromatic heterocycles. The van der Waals surface area contributed by atoms with Gasteiger partial charge in [0, 0.05) is 23.0 Å². The van der Waals surface area contributed by atoms with Gasteiger partial charge in [0.2, 0.25) is 10.0 Å². The third-order valence-corrected chi connectivity index (χ3v) is 6.76. The Hall–Kier alpha value is -3.14. The second-order valence-corrected chi connectivity index (χ2v) is 9.79. The van der Waals surface area contributed by atoms with Crippen LogP contribution >= 0.6 is 11.6 Å². The van der Waals surface area contributed by atoms with Crippen LogP contribution in [0.2, 0.25) is 5.02 Å². The monoisotopic (exact) mass is 507 g/mol. The quantitative estimate of drug-likeness (QED) is 0.348. The van der Waals surface area contributed by atoms with Crippen molar-refractivity contribution in [3.8, 4) is 0 Å². The van der Waals surface area contributed by atoms with Gasteiger partial charge in [-0.15, -0.1) is 0 Å². The van der Waals surface area contributed by atoms with Crippen LogP contribution < -0.4 is 10.3 Å². The summed E-state index contributed by atoms with van der Waals surface area (Å²) in [7, 11) is -3.78. The number of fused-ring (bicyclic) bond motifs is 1. The van der Waals surface area contributed by atoms with Crippen LogP contribution in [0.5, 0.6) is 0 Å². The van der Waals surface area contributed by atoms with E-state index in [0.717, 1.165) is 0 Å². The predicted molar refractivity (Wildman–Crippen MR) is 122 cm³/mol. The minimum absolute atomic E-state index is 0.0536. The maximum atomic E-state index is 13.4. The second-order valence-electron chi connectivity index (χ2n) is 7.58. The van der Waals surface area contributed by atoms with Crippen LogP contribution in [0.15, 0.2) is 86.9 Å². The van der Waals surface area contributed by atoms with E-state index in [0.29, 0.717) is 27.8 Å². The summed E-state index contributed by atoms with van der Waals surface area (Å²) in [5, 5.41) is 0.285. The summed E-state index contributed by atoms with van der Waals surface area (Å²) in [6, 6.07) is 17.5. The van der Waals surface area contributed by atoms with Crippen molar-refractivity contribution in [3.05, 3.63) is 110 Å². The summed E-state index contributed by atoms with van der Waals surface area (Å²) in [5.41, 5.74) is -0.351. The average molecular weight is 508 g/mol. The van der Waals surface area contributed by atoms with E-state index >= 15 is 0 Å². The van der Waals surface area contributed by atoms with Crippen LogP contribution in [0.25, 0.3) is 11.0 Å². The average Bonchev–Trinajstić information content (AvgIpc) is 2.77. The Bertz CT molecular complexity index is 1510. The molecular formula is C24H17ClF3NO4S.